The first-order valence-electron chi connectivity index (χ1n) is 4.79. The van der Waals surface area contributed by atoms with Crippen LogP contribution in [-0.4, -0.2) is 19.9 Å². The van der Waals surface area contributed by atoms with E-state index in [4.69, 9.17) is 0 Å². The van der Waals surface area contributed by atoms with E-state index in [0.717, 1.165) is 11.4 Å². The van der Waals surface area contributed by atoms with E-state index in [1.807, 2.05) is 42.5 Å². The lowest BCUT2D eigenvalue weighted by atomic mass is 10.4. The van der Waals surface area contributed by atoms with Gasteiger partial charge in [0.25, 0.3) is 5.56 Å². The number of hydrogen-bond donors (Lipinski definition) is 1. The van der Waals surface area contributed by atoms with Gasteiger partial charge in [0, 0.05) is 11.4 Å². The zero-order chi connectivity index (χ0) is 12.4. The van der Waals surface area contributed by atoms with Crippen molar-refractivity contribution in [2.45, 2.75) is 24.0 Å². The Hall–Kier alpha value is -0.960. The quantitative estimate of drug-likeness (QED) is 0.504. The Morgan fingerprint density at radius 3 is 2.59 bits per heavy atom. The molecular weight excluding hydrogens is 351 g/mol. The van der Waals surface area contributed by atoms with E-state index in [-0.39, 0.29) is 5.56 Å². The normalized spacial score (nSPS) is 10.5. The SMILES string of the molecule is Cc1cc(C)nc(Sc2nc[nH]c(=O)c2I)n1. The van der Waals surface area contributed by atoms with Crippen molar-refractivity contribution < 1.29 is 0 Å². The summed E-state index contributed by atoms with van der Waals surface area (Å²) in [6.07, 6.45) is 1.38. The lowest BCUT2D eigenvalue weighted by Gasteiger charge is -2.03. The standard InChI is InChI=1S/C10H9IN4OS/c1-5-3-6(2)15-10(14-5)17-9-7(11)8(16)12-4-13-9/h3-4H,1-2H3,(H,12,13,16). The summed E-state index contributed by atoms with van der Waals surface area (Å²) < 4.78 is 0.554. The predicted molar refractivity (Wildman–Crippen MR) is 73.2 cm³/mol. The molecule has 0 aliphatic rings. The highest BCUT2D eigenvalue weighted by atomic mass is 127. The maximum atomic E-state index is 11.4. The molecule has 0 atom stereocenters. The van der Waals surface area contributed by atoms with E-state index in [1.165, 1.54) is 18.1 Å². The van der Waals surface area contributed by atoms with E-state index < -0.39 is 0 Å². The molecule has 0 unspecified atom stereocenters. The first-order valence-corrected chi connectivity index (χ1v) is 6.69. The van der Waals surface area contributed by atoms with Crippen molar-refractivity contribution >= 4 is 34.4 Å². The van der Waals surface area contributed by atoms with Crippen LogP contribution in [0.4, 0.5) is 0 Å². The fourth-order valence-corrected chi connectivity index (χ4v) is 2.73. The molecule has 0 aromatic carbocycles. The van der Waals surface area contributed by atoms with Crippen molar-refractivity contribution in [1.29, 1.82) is 0 Å². The highest BCUT2D eigenvalue weighted by molar-refractivity contribution is 14.1. The van der Waals surface area contributed by atoms with Crippen LogP contribution in [0.15, 0.2) is 27.4 Å². The molecule has 0 saturated carbocycles. The summed E-state index contributed by atoms with van der Waals surface area (Å²) in [5.74, 6) is 0. The third kappa shape index (κ3) is 3.03. The van der Waals surface area contributed by atoms with Crippen LogP contribution in [0, 0.1) is 17.4 Å². The topological polar surface area (TPSA) is 71.5 Å². The minimum atomic E-state index is -0.146. The van der Waals surface area contributed by atoms with E-state index in [2.05, 4.69) is 19.9 Å². The number of rotatable bonds is 2. The minimum Gasteiger partial charge on any atom is -0.312 e. The first kappa shape index (κ1) is 12.5. The van der Waals surface area contributed by atoms with Gasteiger partial charge in [-0.3, -0.25) is 4.79 Å². The summed E-state index contributed by atoms with van der Waals surface area (Å²) in [6.45, 7) is 3.82. The molecule has 17 heavy (non-hydrogen) atoms. The van der Waals surface area contributed by atoms with Gasteiger partial charge >= 0.3 is 0 Å². The molecule has 0 aliphatic heterocycles. The maximum Gasteiger partial charge on any atom is 0.265 e. The summed E-state index contributed by atoms with van der Waals surface area (Å²) in [6, 6.07) is 1.90. The van der Waals surface area contributed by atoms with E-state index in [1.54, 1.807) is 0 Å². The summed E-state index contributed by atoms with van der Waals surface area (Å²) in [4.78, 5) is 26.6. The average Bonchev–Trinajstić information content (AvgIpc) is 2.23. The molecule has 0 aliphatic carbocycles. The summed E-state index contributed by atoms with van der Waals surface area (Å²) in [5, 5.41) is 1.23. The molecule has 5 nitrogen and oxygen atoms in total. The number of nitrogens with one attached hydrogen (secondary N) is 1. The molecule has 0 fully saturated rings. The minimum absolute atomic E-state index is 0.146. The van der Waals surface area contributed by atoms with Crippen LogP contribution in [0.25, 0.3) is 0 Å². The average molecular weight is 360 g/mol. The molecule has 2 aromatic heterocycles. The number of H-pyrrole nitrogens is 1. The Morgan fingerprint density at radius 2 is 1.94 bits per heavy atom. The summed E-state index contributed by atoms with van der Waals surface area (Å²) in [7, 11) is 0. The molecule has 2 heterocycles. The molecule has 0 bridgehead atoms. The summed E-state index contributed by atoms with van der Waals surface area (Å²) in [5.41, 5.74) is 1.66. The van der Waals surface area contributed by atoms with Gasteiger partial charge in [-0.1, -0.05) is 0 Å². The van der Waals surface area contributed by atoms with Gasteiger partial charge in [0.1, 0.15) is 8.60 Å². The molecule has 2 aromatic rings. The van der Waals surface area contributed by atoms with Gasteiger partial charge in [0.15, 0.2) is 5.16 Å². The highest BCUT2D eigenvalue weighted by Crippen LogP contribution is 2.25. The van der Waals surface area contributed by atoms with Crippen molar-refractivity contribution in [3.63, 3.8) is 0 Å². The van der Waals surface area contributed by atoms with Gasteiger partial charge in [-0.25, -0.2) is 15.0 Å². The van der Waals surface area contributed by atoms with Gasteiger partial charge in [-0.05, 0) is 54.3 Å². The largest absolute Gasteiger partial charge is 0.312 e. The first-order chi connectivity index (χ1) is 8.06. The summed E-state index contributed by atoms with van der Waals surface area (Å²) >= 11 is 3.26. The zero-order valence-electron chi connectivity index (χ0n) is 9.19. The molecule has 0 spiro atoms. The van der Waals surface area contributed by atoms with E-state index in [0.29, 0.717) is 13.8 Å². The van der Waals surface area contributed by atoms with Crippen molar-refractivity contribution in [3.8, 4) is 0 Å². The van der Waals surface area contributed by atoms with Gasteiger partial charge in [0.2, 0.25) is 0 Å². The van der Waals surface area contributed by atoms with Crippen LogP contribution in [0.5, 0.6) is 0 Å². The number of nitrogens with zero attached hydrogens (tertiary/aromatic N) is 3. The van der Waals surface area contributed by atoms with Gasteiger partial charge in [-0.2, -0.15) is 0 Å². The van der Waals surface area contributed by atoms with Crippen LogP contribution < -0.4 is 5.56 Å². The number of aromatic amines is 1. The Labute approximate surface area is 116 Å². The number of halogens is 1. The molecule has 2 rings (SSSR count). The van der Waals surface area contributed by atoms with Crippen LogP contribution in [0.2, 0.25) is 0 Å². The third-order valence-electron chi connectivity index (χ3n) is 1.91. The number of aryl methyl sites for hydroxylation is 2. The van der Waals surface area contributed by atoms with Crippen LogP contribution in [-0.2, 0) is 0 Å². The van der Waals surface area contributed by atoms with Crippen molar-refractivity contribution in [2.24, 2.45) is 0 Å². The third-order valence-corrected chi connectivity index (χ3v) is 4.15. The predicted octanol–water partition coefficient (Wildman–Crippen LogP) is 1.93. The lowest BCUT2D eigenvalue weighted by Crippen LogP contribution is -2.11. The fraction of sp³-hybridized carbons (Fsp3) is 0.200. The second-order valence-electron chi connectivity index (χ2n) is 3.39. The Bertz CT molecular complexity index is 593. The van der Waals surface area contributed by atoms with Crippen molar-refractivity contribution in [1.82, 2.24) is 19.9 Å². The van der Waals surface area contributed by atoms with Crippen LogP contribution >= 0.6 is 34.4 Å². The molecule has 0 radical (unpaired) electrons. The maximum absolute atomic E-state index is 11.4. The molecule has 0 amide bonds. The van der Waals surface area contributed by atoms with Crippen molar-refractivity contribution in [2.75, 3.05) is 0 Å². The highest BCUT2D eigenvalue weighted by Gasteiger charge is 2.09. The zero-order valence-corrected chi connectivity index (χ0v) is 12.2. The molecule has 0 saturated heterocycles. The van der Waals surface area contributed by atoms with Crippen LogP contribution in [0.1, 0.15) is 11.4 Å². The van der Waals surface area contributed by atoms with Gasteiger partial charge < -0.3 is 4.98 Å². The van der Waals surface area contributed by atoms with E-state index >= 15 is 0 Å². The molecule has 1 N–H and O–H groups in total. The monoisotopic (exact) mass is 360 g/mol. The Morgan fingerprint density at radius 1 is 1.29 bits per heavy atom. The Kier molecular flexibility index (Phi) is 3.77. The van der Waals surface area contributed by atoms with Gasteiger partial charge in [0.05, 0.1) is 6.33 Å². The number of aromatic nitrogens is 4. The molecular formula is C10H9IN4OS. The Balaban J connectivity index is 2.38. The number of hydrogen-bond acceptors (Lipinski definition) is 5. The van der Waals surface area contributed by atoms with E-state index in [9.17, 15) is 4.79 Å². The lowest BCUT2D eigenvalue weighted by molar-refractivity contribution is 0.893. The smallest absolute Gasteiger partial charge is 0.265 e. The molecule has 88 valence electrons. The molecule has 7 heteroatoms. The fourth-order valence-electron chi connectivity index (χ4n) is 1.26. The van der Waals surface area contributed by atoms with Crippen LogP contribution in [0.3, 0.4) is 0 Å². The van der Waals surface area contributed by atoms with Crippen molar-refractivity contribution in [3.05, 3.63) is 37.7 Å². The second-order valence-corrected chi connectivity index (χ2v) is 5.42. The second kappa shape index (κ2) is 5.13. The van der Waals surface area contributed by atoms with Gasteiger partial charge in [-0.15, -0.1) is 0 Å².